The van der Waals surface area contributed by atoms with E-state index in [0.29, 0.717) is 18.3 Å². The number of aromatic carboxylic acids is 1. The first-order valence-electron chi connectivity index (χ1n) is 7.49. The molecule has 0 radical (unpaired) electrons. The van der Waals surface area contributed by atoms with Gasteiger partial charge < -0.3 is 9.84 Å². The van der Waals surface area contributed by atoms with Crippen LogP contribution in [0.2, 0.25) is 0 Å². The van der Waals surface area contributed by atoms with Crippen LogP contribution < -0.4 is 4.74 Å². The molecule has 0 aromatic heterocycles. The van der Waals surface area contributed by atoms with Crippen molar-refractivity contribution < 1.29 is 14.6 Å². The first-order valence-corrected chi connectivity index (χ1v) is 7.49. The Kier molecular flexibility index (Phi) is 7.13. The summed E-state index contributed by atoms with van der Waals surface area (Å²) in [5, 5.41) is 9.08. The molecular weight excluding hydrogens is 252 g/mol. The van der Waals surface area contributed by atoms with Gasteiger partial charge in [0.25, 0.3) is 0 Å². The van der Waals surface area contributed by atoms with E-state index in [1.807, 2.05) is 0 Å². The molecule has 0 spiro atoms. The molecule has 2 unspecified atom stereocenters. The largest absolute Gasteiger partial charge is 0.492 e. The van der Waals surface area contributed by atoms with E-state index in [-0.39, 0.29) is 5.56 Å². The molecule has 3 nitrogen and oxygen atoms in total. The van der Waals surface area contributed by atoms with E-state index in [1.165, 1.54) is 19.3 Å². The van der Waals surface area contributed by atoms with Crippen LogP contribution in [0, 0.1) is 11.8 Å². The fourth-order valence-electron chi connectivity index (χ4n) is 2.10. The van der Waals surface area contributed by atoms with E-state index < -0.39 is 5.97 Å². The molecule has 0 saturated heterocycles. The predicted molar refractivity (Wildman–Crippen MR) is 81.4 cm³/mol. The van der Waals surface area contributed by atoms with E-state index in [4.69, 9.17) is 9.84 Å². The second-order valence-corrected chi connectivity index (χ2v) is 5.66. The number of hydrogen-bond donors (Lipinski definition) is 1. The summed E-state index contributed by atoms with van der Waals surface area (Å²) in [4.78, 5) is 11.1. The summed E-state index contributed by atoms with van der Waals surface area (Å²) in [6.45, 7) is 7.23. The Balaban J connectivity index is 2.37. The molecule has 0 aliphatic rings. The normalized spacial score (nSPS) is 13.8. The molecule has 0 aliphatic carbocycles. The van der Waals surface area contributed by atoms with Crippen LogP contribution in [0.4, 0.5) is 0 Å². The minimum absolute atomic E-state index is 0.235. The highest BCUT2D eigenvalue weighted by molar-refractivity contribution is 5.90. The Morgan fingerprint density at radius 1 is 1.20 bits per heavy atom. The molecule has 112 valence electrons. The average molecular weight is 278 g/mol. The zero-order valence-electron chi connectivity index (χ0n) is 12.8. The third-order valence-electron chi connectivity index (χ3n) is 3.73. The van der Waals surface area contributed by atoms with Crippen LogP contribution >= 0.6 is 0 Å². The second kappa shape index (κ2) is 8.62. The first-order chi connectivity index (χ1) is 9.54. The van der Waals surface area contributed by atoms with Crippen molar-refractivity contribution in [2.24, 2.45) is 11.8 Å². The number of ether oxygens (including phenoxy) is 1. The number of para-hydroxylation sites is 1. The van der Waals surface area contributed by atoms with Gasteiger partial charge in [-0.3, -0.25) is 0 Å². The lowest BCUT2D eigenvalue weighted by Gasteiger charge is -2.15. The smallest absolute Gasteiger partial charge is 0.339 e. The van der Waals surface area contributed by atoms with Crippen LogP contribution in [0.3, 0.4) is 0 Å². The fraction of sp³-hybridized carbons (Fsp3) is 0.588. The molecule has 1 aromatic rings. The van der Waals surface area contributed by atoms with E-state index in [2.05, 4.69) is 20.8 Å². The van der Waals surface area contributed by atoms with Crippen molar-refractivity contribution in [2.45, 2.75) is 46.5 Å². The quantitative estimate of drug-likeness (QED) is 0.717. The van der Waals surface area contributed by atoms with Gasteiger partial charge in [-0.2, -0.15) is 0 Å². The number of rotatable bonds is 9. The minimum atomic E-state index is -0.940. The third kappa shape index (κ3) is 5.64. The highest BCUT2D eigenvalue weighted by Gasteiger charge is 2.11. The summed E-state index contributed by atoms with van der Waals surface area (Å²) in [7, 11) is 0. The number of carboxylic acids is 1. The Morgan fingerprint density at radius 3 is 2.50 bits per heavy atom. The van der Waals surface area contributed by atoms with Crippen molar-refractivity contribution >= 4 is 5.97 Å². The number of hydrogen-bond acceptors (Lipinski definition) is 2. The van der Waals surface area contributed by atoms with Crippen LogP contribution in [-0.2, 0) is 0 Å². The van der Waals surface area contributed by atoms with Gasteiger partial charge in [-0.25, -0.2) is 4.79 Å². The maximum atomic E-state index is 11.1. The Bertz CT molecular complexity index is 414. The molecule has 1 aromatic carbocycles. The lowest BCUT2D eigenvalue weighted by molar-refractivity contribution is 0.0691. The van der Waals surface area contributed by atoms with Crippen LogP contribution in [0.5, 0.6) is 5.75 Å². The van der Waals surface area contributed by atoms with Crippen molar-refractivity contribution in [3.8, 4) is 5.75 Å². The van der Waals surface area contributed by atoms with Crippen LogP contribution in [0.15, 0.2) is 24.3 Å². The van der Waals surface area contributed by atoms with Gasteiger partial charge in [0, 0.05) is 0 Å². The molecule has 0 aliphatic heterocycles. The van der Waals surface area contributed by atoms with Crippen molar-refractivity contribution in [1.82, 2.24) is 0 Å². The second-order valence-electron chi connectivity index (χ2n) is 5.66. The summed E-state index contributed by atoms with van der Waals surface area (Å²) in [5.41, 5.74) is 0.235. The molecule has 20 heavy (non-hydrogen) atoms. The molecule has 0 amide bonds. The molecule has 1 N–H and O–H groups in total. The average Bonchev–Trinajstić information content (AvgIpc) is 2.45. The maximum Gasteiger partial charge on any atom is 0.339 e. The van der Waals surface area contributed by atoms with Gasteiger partial charge in [0.15, 0.2) is 0 Å². The Hall–Kier alpha value is -1.51. The minimum Gasteiger partial charge on any atom is -0.492 e. The Morgan fingerprint density at radius 2 is 1.85 bits per heavy atom. The molecule has 0 bridgehead atoms. The topological polar surface area (TPSA) is 46.5 Å². The molecule has 1 rings (SSSR count). The third-order valence-corrected chi connectivity index (χ3v) is 3.73. The van der Waals surface area contributed by atoms with Crippen LogP contribution in [0.1, 0.15) is 56.8 Å². The SMILES string of the molecule is CCC(C)CCCC(C)COc1ccccc1C(=O)O. The fourth-order valence-corrected chi connectivity index (χ4v) is 2.10. The zero-order valence-corrected chi connectivity index (χ0v) is 12.8. The Labute approximate surface area is 122 Å². The van der Waals surface area contributed by atoms with E-state index in [1.54, 1.807) is 24.3 Å². The highest BCUT2D eigenvalue weighted by atomic mass is 16.5. The van der Waals surface area contributed by atoms with Gasteiger partial charge in [0.05, 0.1) is 6.61 Å². The number of carboxylic acid groups (broad SMARTS) is 1. The van der Waals surface area contributed by atoms with E-state index in [9.17, 15) is 4.79 Å². The molecular formula is C17H26O3. The summed E-state index contributed by atoms with van der Waals surface area (Å²) in [5.74, 6) is 0.760. The van der Waals surface area contributed by atoms with Crippen LogP contribution in [-0.4, -0.2) is 17.7 Å². The van der Waals surface area contributed by atoms with Gasteiger partial charge >= 0.3 is 5.97 Å². The van der Waals surface area contributed by atoms with Gasteiger partial charge in [0.2, 0.25) is 0 Å². The standard InChI is InChI=1S/C17H26O3/c1-4-13(2)8-7-9-14(3)12-20-16-11-6-5-10-15(16)17(18)19/h5-6,10-11,13-14H,4,7-9,12H2,1-3H3,(H,18,19). The van der Waals surface area contributed by atoms with Crippen LogP contribution in [0.25, 0.3) is 0 Å². The highest BCUT2D eigenvalue weighted by Crippen LogP contribution is 2.20. The predicted octanol–water partition coefficient (Wildman–Crippen LogP) is 4.62. The van der Waals surface area contributed by atoms with Gasteiger partial charge in [0.1, 0.15) is 11.3 Å². The van der Waals surface area contributed by atoms with Gasteiger partial charge in [-0.1, -0.05) is 52.2 Å². The van der Waals surface area contributed by atoms with Crippen molar-refractivity contribution in [3.05, 3.63) is 29.8 Å². The van der Waals surface area contributed by atoms with Gasteiger partial charge in [-0.05, 0) is 30.4 Å². The van der Waals surface area contributed by atoms with E-state index in [0.717, 1.165) is 12.3 Å². The molecule has 0 heterocycles. The lowest BCUT2D eigenvalue weighted by atomic mass is 9.97. The van der Waals surface area contributed by atoms with Crippen molar-refractivity contribution in [3.63, 3.8) is 0 Å². The number of benzene rings is 1. The molecule has 0 fully saturated rings. The summed E-state index contributed by atoms with van der Waals surface area (Å²) < 4.78 is 5.66. The summed E-state index contributed by atoms with van der Waals surface area (Å²) >= 11 is 0. The van der Waals surface area contributed by atoms with Crippen molar-refractivity contribution in [1.29, 1.82) is 0 Å². The molecule has 2 atom stereocenters. The first kappa shape index (κ1) is 16.5. The van der Waals surface area contributed by atoms with Gasteiger partial charge in [-0.15, -0.1) is 0 Å². The lowest BCUT2D eigenvalue weighted by Crippen LogP contribution is -2.11. The molecule has 3 heteroatoms. The summed E-state index contributed by atoms with van der Waals surface area (Å²) in [6, 6.07) is 6.81. The van der Waals surface area contributed by atoms with Crippen molar-refractivity contribution in [2.75, 3.05) is 6.61 Å². The monoisotopic (exact) mass is 278 g/mol. The molecule has 0 saturated carbocycles. The number of carbonyl (C=O) groups is 1. The van der Waals surface area contributed by atoms with E-state index >= 15 is 0 Å². The summed E-state index contributed by atoms with van der Waals surface area (Å²) in [6.07, 6.45) is 4.82. The maximum absolute atomic E-state index is 11.1. The zero-order chi connectivity index (χ0) is 15.0.